The van der Waals surface area contributed by atoms with E-state index in [9.17, 15) is 5.11 Å². The number of aromatic nitrogens is 2. The van der Waals surface area contributed by atoms with Gasteiger partial charge in [0.15, 0.2) is 10.6 Å². The van der Waals surface area contributed by atoms with Crippen LogP contribution in [0.25, 0.3) is 0 Å². The summed E-state index contributed by atoms with van der Waals surface area (Å²) in [5.41, 5.74) is 0.874. The highest BCUT2D eigenvalue weighted by molar-refractivity contribution is 7.73. The minimum atomic E-state index is -0.148. The third-order valence-electron chi connectivity index (χ3n) is 3.99. The summed E-state index contributed by atoms with van der Waals surface area (Å²) in [5, 5.41) is 18.2. The lowest BCUT2D eigenvalue weighted by molar-refractivity contribution is -0.929. The van der Waals surface area contributed by atoms with Crippen molar-refractivity contribution in [3.8, 4) is 5.75 Å². The zero-order valence-corrected chi connectivity index (χ0v) is 14.6. The van der Waals surface area contributed by atoms with E-state index in [0.29, 0.717) is 0 Å². The van der Waals surface area contributed by atoms with Gasteiger partial charge in [0.25, 0.3) is 0 Å². The summed E-state index contributed by atoms with van der Waals surface area (Å²) in [6.07, 6.45) is 1.54. The molecule has 3 N–H and O–H groups in total. The number of ether oxygens (including phenoxy) is 1. The van der Waals surface area contributed by atoms with Crippen molar-refractivity contribution in [3.63, 3.8) is 0 Å². The van der Waals surface area contributed by atoms with Gasteiger partial charge in [-0.25, -0.2) is 0 Å². The molecule has 6 nitrogen and oxygen atoms in total. The van der Waals surface area contributed by atoms with Gasteiger partial charge in [0.1, 0.15) is 5.75 Å². The van der Waals surface area contributed by atoms with Gasteiger partial charge in [-0.1, -0.05) is 23.5 Å². The molecule has 1 fully saturated rings. The second kappa shape index (κ2) is 7.39. The first kappa shape index (κ1) is 16.4. The van der Waals surface area contributed by atoms with Crippen LogP contribution < -0.4 is 15.0 Å². The molecule has 0 saturated carbocycles. The van der Waals surface area contributed by atoms with E-state index < -0.39 is 0 Å². The molecule has 3 rings (SSSR count). The van der Waals surface area contributed by atoms with Crippen LogP contribution in [0.2, 0.25) is 0 Å². The van der Waals surface area contributed by atoms with E-state index in [4.69, 9.17) is 17.0 Å². The van der Waals surface area contributed by atoms with Crippen molar-refractivity contribution in [1.29, 1.82) is 0 Å². The van der Waals surface area contributed by atoms with Crippen LogP contribution in [0.15, 0.2) is 24.3 Å². The van der Waals surface area contributed by atoms with E-state index in [1.165, 1.54) is 16.2 Å². The fourth-order valence-electron chi connectivity index (χ4n) is 2.70. The Morgan fingerprint density at radius 1 is 1.43 bits per heavy atom. The number of methoxy groups -OCH3 is 1. The fourth-order valence-corrected chi connectivity index (χ4v) is 3.72. The van der Waals surface area contributed by atoms with Gasteiger partial charge in [-0.15, -0.1) is 5.10 Å². The van der Waals surface area contributed by atoms with Crippen LogP contribution in [-0.4, -0.2) is 41.2 Å². The molecule has 0 atom stereocenters. The second-order valence-electron chi connectivity index (χ2n) is 5.64. The van der Waals surface area contributed by atoms with Crippen molar-refractivity contribution in [1.82, 2.24) is 9.78 Å². The zero-order valence-electron chi connectivity index (χ0n) is 13.0. The van der Waals surface area contributed by atoms with Gasteiger partial charge in [0.05, 0.1) is 32.0 Å². The Kier molecular flexibility index (Phi) is 5.27. The lowest BCUT2D eigenvalue weighted by atomic mass is 10.1. The molecule has 124 valence electrons. The van der Waals surface area contributed by atoms with Gasteiger partial charge < -0.3 is 20.1 Å². The molecule has 23 heavy (non-hydrogen) atoms. The Labute approximate surface area is 144 Å². The van der Waals surface area contributed by atoms with Crippen molar-refractivity contribution in [2.24, 2.45) is 0 Å². The number of aliphatic hydroxyl groups is 1. The number of hydrogen-bond donors (Lipinski definition) is 3. The van der Waals surface area contributed by atoms with Crippen LogP contribution in [0.4, 0.5) is 10.8 Å². The van der Waals surface area contributed by atoms with Gasteiger partial charge in [-0.05, 0) is 24.4 Å². The molecule has 1 aromatic carbocycles. The molecule has 0 amide bonds. The largest absolute Gasteiger partial charge is 0.495 e. The summed E-state index contributed by atoms with van der Waals surface area (Å²) in [6, 6.07) is 7.73. The molecule has 1 aliphatic rings. The highest BCUT2D eigenvalue weighted by atomic mass is 32.1. The minimum Gasteiger partial charge on any atom is -0.495 e. The molecule has 0 unspecified atom stereocenters. The third kappa shape index (κ3) is 4.08. The molecule has 1 aliphatic heterocycles. The number of benzene rings is 1. The Bertz CT molecular complexity index is 707. The normalized spacial score (nSPS) is 21.1. The Balaban J connectivity index is 1.70. The van der Waals surface area contributed by atoms with Crippen molar-refractivity contribution >= 4 is 34.4 Å². The van der Waals surface area contributed by atoms with Gasteiger partial charge in [-0.3, -0.25) is 0 Å². The first-order valence-corrected chi connectivity index (χ1v) is 8.88. The van der Waals surface area contributed by atoms with E-state index in [0.717, 1.165) is 53.1 Å². The number of anilines is 2. The van der Waals surface area contributed by atoms with Crippen molar-refractivity contribution in [3.05, 3.63) is 28.2 Å². The molecule has 1 aromatic heterocycles. The molecule has 0 aliphatic carbocycles. The Morgan fingerprint density at radius 2 is 2.17 bits per heavy atom. The van der Waals surface area contributed by atoms with Gasteiger partial charge in [0.2, 0.25) is 5.13 Å². The third-order valence-corrected chi connectivity index (χ3v) is 5.21. The Morgan fingerprint density at radius 3 is 2.91 bits per heavy atom. The number of aliphatic hydroxyl groups excluding tert-OH is 1. The van der Waals surface area contributed by atoms with Crippen LogP contribution in [0.5, 0.6) is 5.75 Å². The average Bonchev–Trinajstić information content (AvgIpc) is 2.89. The van der Waals surface area contributed by atoms with Gasteiger partial charge in [-0.2, -0.15) is 4.68 Å². The van der Waals surface area contributed by atoms with E-state index in [2.05, 4.69) is 10.4 Å². The lowest BCUT2D eigenvalue weighted by Gasteiger charge is -2.26. The molecular weight excluding hydrogens is 332 g/mol. The number of hydrogen-bond acceptors (Lipinski definition) is 6. The number of likely N-dealkylation sites (tertiary alicyclic amines) is 1. The zero-order chi connectivity index (χ0) is 16.2. The topological polar surface area (TPSA) is 63.8 Å². The summed E-state index contributed by atoms with van der Waals surface area (Å²) in [5.74, 6) is 0.774. The van der Waals surface area contributed by atoms with Gasteiger partial charge >= 0.3 is 0 Å². The molecule has 1 saturated heterocycles. The van der Waals surface area contributed by atoms with Gasteiger partial charge in [0, 0.05) is 12.8 Å². The molecule has 2 heterocycles. The summed E-state index contributed by atoms with van der Waals surface area (Å²) >= 11 is 6.88. The van der Waals surface area contributed by atoms with Crippen LogP contribution in [-0.2, 0) is 6.67 Å². The van der Waals surface area contributed by atoms with Crippen molar-refractivity contribution in [2.45, 2.75) is 25.6 Å². The maximum Gasteiger partial charge on any atom is 0.209 e. The molecule has 0 radical (unpaired) electrons. The van der Waals surface area contributed by atoms with Crippen molar-refractivity contribution < 1.29 is 14.7 Å². The van der Waals surface area contributed by atoms with Crippen LogP contribution in [0.3, 0.4) is 0 Å². The summed E-state index contributed by atoms with van der Waals surface area (Å²) in [4.78, 5) is 1.40. The smallest absolute Gasteiger partial charge is 0.209 e. The van der Waals surface area contributed by atoms with E-state index in [1.54, 1.807) is 7.11 Å². The maximum absolute atomic E-state index is 9.59. The van der Waals surface area contributed by atoms with E-state index >= 15 is 0 Å². The van der Waals surface area contributed by atoms with E-state index in [-0.39, 0.29) is 6.10 Å². The predicted octanol–water partition coefficient (Wildman–Crippen LogP) is 1.42. The number of rotatable bonds is 5. The van der Waals surface area contributed by atoms with E-state index in [1.807, 2.05) is 28.9 Å². The fraction of sp³-hybridized carbons (Fsp3) is 0.467. The number of nitrogens with zero attached hydrogens (tertiary/aromatic N) is 2. The number of piperidine rings is 1. The molecule has 2 aromatic rings. The summed E-state index contributed by atoms with van der Waals surface area (Å²) < 4.78 is 7.96. The summed E-state index contributed by atoms with van der Waals surface area (Å²) in [6.45, 7) is 2.65. The molecular formula is C15H21N4O2S2+. The maximum atomic E-state index is 9.59. The molecule has 0 spiro atoms. The lowest BCUT2D eigenvalue weighted by Crippen LogP contribution is -3.12. The van der Waals surface area contributed by atoms with Crippen LogP contribution in [0.1, 0.15) is 12.8 Å². The SMILES string of the molecule is COc1ccccc1Nc1nn(C[NH+]2CCC(O)CC2)c(=S)s1. The first-order chi connectivity index (χ1) is 11.2. The quantitative estimate of drug-likeness (QED) is 0.710. The van der Waals surface area contributed by atoms with Crippen LogP contribution >= 0.6 is 23.6 Å². The standard InChI is InChI=1S/C15H20N4O2S2/c1-21-13-5-3-2-4-12(13)16-14-17-19(15(22)23-14)10-18-8-6-11(20)7-9-18/h2-5,11,20H,6-10H2,1H3,(H,16,17)/p+1. The summed E-state index contributed by atoms with van der Waals surface area (Å²) in [7, 11) is 1.65. The number of quaternary nitrogens is 1. The minimum absolute atomic E-state index is 0.148. The molecule has 8 heteroatoms. The monoisotopic (exact) mass is 353 g/mol. The predicted molar refractivity (Wildman–Crippen MR) is 93.2 cm³/mol. The highest BCUT2D eigenvalue weighted by Crippen LogP contribution is 2.28. The average molecular weight is 353 g/mol. The van der Waals surface area contributed by atoms with Crippen LogP contribution in [0, 0.1) is 3.95 Å². The first-order valence-electron chi connectivity index (χ1n) is 7.65. The Hall–Kier alpha value is -1.48. The molecule has 0 bridgehead atoms. The second-order valence-corrected chi connectivity index (χ2v) is 7.26. The number of nitrogens with one attached hydrogen (secondary N) is 2. The number of para-hydroxylation sites is 2. The van der Waals surface area contributed by atoms with Crippen molar-refractivity contribution in [2.75, 3.05) is 25.5 Å². The highest BCUT2D eigenvalue weighted by Gasteiger charge is 2.21.